The van der Waals surface area contributed by atoms with E-state index in [0.29, 0.717) is 0 Å². The largest absolute Gasteiger partial charge is 0.273 e. The summed E-state index contributed by atoms with van der Waals surface area (Å²) in [6.07, 6.45) is 0. The molecule has 1 aromatic rings. The molecule has 0 heterocycles. The zero-order valence-electron chi connectivity index (χ0n) is 10.2. The van der Waals surface area contributed by atoms with E-state index in [1.165, 1.54) is 5.30 Å². The molecular formula is C11H20N3P. The highest BCUT2D eigenvalue weighted by Gasteiger charge is 2.26. The second kappa shape index (κ2) is 4.93. The van der Waals surface area contributed by atoms with Crippen molar-refractivity contribution in [3.63, 3.8) is 0 Å². The van der Waals surface area contributed by atoms with Gasteiger partial charge < -0.3 is 0 Å². The van der Waals surface area contributed by atoms with E-state index in [-0.39, 0.29) is 0 Å². The maximum Gasteiger partial charge on any atom is 0.125 e. The first-order valence-electron chi connectivity index (χ1n) is 4.97. The van der Waals surface area contributed by atoms with Gasteiger partial charge in [-0.05, 0) is 28.2 Å². The molecule has 0 spiro atoms. The predicted molar refractivity (Wildman–Crippen MR) is 68.7 cm³/mol. The van der Waals surface area contributed by atoms with Crippen LogP contribution in [0.25, 0.3) is 0 Å². The summed E-state index contributed by atoms with van der Waals surface area (Å²) >= 11 is 0. The van der Waals surface area contributed by atoms with E-state index >= 15 is 0 Å². The van der Waals surface area contributed by atoms with E-state index in [2.05, 4.69) is 66.5 Å². The zero-order chi connectivity index (χ0) is 11.5. The van der Waals surface area contributed by atoms with Gasteiger partial charge in [0.2, 0.25) is 0 Å². The van der Waals surface area contributed by atoms with Gasteiger partial charge in [-0.3, -0.25) is 14.1 Å². The van der Waals surface area contributed by atoms with E-state index in [0.717, 1.165) is 0 Å². The van der Waals surface area contributed by atoms with Crippen LogP contribution in [0.15, 0.2) is 35.1 Å². The average molecular weight is 225 g/mol. The SMILES string of the molecule is CN=P(c1ccccc1)(N(C)C)N(C)C. The van der Waals surface area contributed by atoms with Gasteiger partial charge in [-0.15, -0.1) is 0 Å². The molecule has 0 amide bonds. The molecule has 0 N–H and O–H groups in total. The highest BCUT2D eigenvalue weighted by atomic mass is 31.2. The summed E-state index contributed by atoms with van der Waals surface area (Å²) in [4.78, 5) is 0. The zero-order valence-corrected chi connectivity index (χ0v) is 11.1. The summed E-state index contributed by atoms with van der Waals surface area (Å²) in [7, 11) is 8.59. The molecule has 0 fully saturated rings. The highest BCUT2D eigenvalue weighted by Crippen LogP contribution is 2.51. The van der Waals surface area contributed by atoms with Gasteiger partial charge >= 0.3 is 0 Å². The third-order valence-electron chi connectivity index (χ3n) is 2.50. The molecule has 1 rings (SSSR count). The highest BCUT2D eigenvalue weighted by molar-refractivity contribution is 7.69. The van der Waals surface area contributed by atoms with Gasteiger partial charge in [0.1, 0.15) is 7.36 Å². The van der Waals surface area contributed by atoms with Crippen LogP contribution in [-0.4, -0.2) is 44.6 Å². The van der Waals surface area contributed by atoms with Crippen LogP contribution in [0.4, 0.5) is 0 Å². The Bertz CT molecular complexity index is 345. The molecule has 0 bridgehead atoms. The minimum Gasteiger partial charge on any atom is -0.273 e. The van der Waals surface area contributed by atoms with Crippen molar-refractivity contribution in [3.8, 4) is 0 Å². The Morgan fingerprint density at radius 1 is 0.933 bits per heavy atom. The summed E-state index contributed by atoms with van der Waals surface area (Å²) in [5.74, 6) is 0. The lowest BCUT2D eigenvalue weighted by Gasteiger charge is -2.36. The summed E-state index contributed by atoms with van der Waals surface area (Å²) in [6.45, 7) is 0. The van der Waals surface area contributed by atoms with E-state index in [4.69, 9.17) is 0 Å². The lowest BCUT2D eigenvalue weighted by molar-refractivity contribution is 0.570. The quantitative estimate of drug-likeness (QED) is 0.734. The molecule has 4 heteroatoms. The van der Waals surface area contributed by atoms with E-state index in [9.17, 15) is 0 Å². The summed E-state index contributed by atoms with van der Waals surface area (Å²) < 4.78 is 9.10. The molecule has 0 saturated heterocycles. The van der Waals surface area contributed by atoms with Crippen LogP contribution in [0.1, 0.15) is 0 Å². The van der Waals surface area contributed by atoms with Crippen molar-refractivity contribution in [2.75, 3.05) is 35.2 Å². The van der Waals surface area contributed by atoms with Crippen LogP contribution in [0.5, 0.6) is 0 Å². The standard InChI is InChI=1S/C11H20N3P/c1-12-15(13(2)3,14(4)5)11-9-7-6-8-10-11/h6-10H,1-5H3. The topological polar surface area (TPSA) is 18.8 Å². The van der Waals surface area contributed by atoms with Crippen LogP contribution in [0, 0.1) is 0 Å². The van der Waals surface area contributed by atoms with Crippen LogP contribution in [-0.2, 0) is 0 Å². The van der Waals surface area contributed by atoms with Gasteiger partial charge in [0.15, 0.2) is 0 Å². The first kappa shape index (κ1) is 12.4. The molecule has 0 aliphatic heterocycles. The van der Waals surface area contributed by atoms with Crippen molar-refractivity contribution in [2.45, 2.75) is 0 Å². The first-order valence-corrected chi connectivity index (χ1v) is 6.62. The Morgan fingerprint density at radius 3 is 1.73 bits per heavy atom. The number of rotatable bonds is 3. The molecule has 0 aromatic heterocycles. The van der Waals surface area contributed by atoms with Crippen molar-refractivity contribution < 1.29 is 0 Å². The Morgan fingerprint density at radius 2 is 1.40 bits per heavy atom. The van der Waals surface area contributed by atoms with Gasteiger partial charge in [-0.2, -0.15) is 0 Å². The number of nitrogens with zero attached hydrogens (tertiary/aromatic N) is 3. The van der Waals surface area contributed by atoms with Gasteiger partial charge in [0.05, 0.1) is 0 Å². The second-order valence-corrected chi connectivity index (χ2v) is 7.45. The van der Waals surface area contributed by atoms with Crippen LogP contribution < -0.4 is 5.30 Å². The van der Waals surface area contributed by atoms with Crippen LogP contribution >= 0.6 is 7.36 Å². The Balaban J connectivity index is 3.37. The number of hydrogen-bond donors (Lipinski definition) is 0. The third kappa shape index (κ3) is 2.15. The molecule has 1 aromatic carbocycles. The van der Waals surface area contributed by atoms with E-state index in [1.807, 2.05) is 13.1 Å². The maximum absolute atomic E-state index is 4.65. The van der Waals surface area contributed by atoms with Crippen LogP contribution in [0.3, 0.4) is 0 Å². The molecule has 0 unspecified atom stereocenters. The monoisotopic (exact) mass is 225 g/mol. The van der Waals surface area contributed by atoms with Gasteiger partial charge in [-0.25, -0.2) is 0 Å². The van der Waals surface area contributed by atoms with E-state index in [1.54, 1.807) is 0 Å². The Labute approximate surface area is 92.9 Å². The van der Waals surface area contributed by atoms with Gasteiger partial charge in [0, 0.05) is 12.4 Å². The fraction of sp³-hybridized carbons (Fsp3) is 0.455. The minimum atomic E-state index is -1.68. The smallest absolute Gasteiger partial charge is 0.125 e. The molecular weight excluding hydrogens is 205 g/mol. The molecule has 0 atom stereocenters. The first-order chi connectivity index (χ1) is 7.05. The lowest BCUT2D eigenvalue weighted by atomic mass is 10.4. The number of benzene rings is 1. The maximum atomic E-state index is 4.65. The second-order valence-electron chi connectivity index (χ2n) is 3.80. The molecule has 84 valence electrons. The average Bonchev–Trinajstić information content (AvgIpc) is 2.20. The molecule has 0 saturated carbocycles. The number of hydrogen-bond acceptors (Lipinski definition) is 1. The van der Waals surface area contributed by atoms with Crippen molar-refractivity contribution >= 4 is 12.7 Å². The fourth-order valence-electron chi connectivity index (χ4n) is 1.92. The van der Waals surface area contributed by atoms with Crippen molar-refractivity contribution in [2.24, 2.45) is 4.74 Å². The van der Waals surface area contributed by atoms with Crippen LogP contribution in [0.2, 0.25) is 0 Å². The van der Waals surface area contributed by atoms with Crippen molar-refractivity contribution in [1.82, 2.24) is 9.34 Å². The van der Waals surface area contributed by atoms with Gasteiger partial charge in [0.25, 0.3) is 0 Å². The molecule has 0 aliphatic carbocycles. The van der Waals surface area contributed by atoms with Crippen molar-refractivity contribution in [3.05, 3.63) is 30.3 Å². The Hall–Kier alpha value is -0.630. The fourth-order valence-corrected chi connectivity index (χ4v) is 5.08. The molecule has 0 radical (unpaired) electrons. The summed E-state index contributed by atoms with van der Waals surface area (Å²) in [5.41, 5.74) is 0. The lowest BCUT2D eigenvalue weighted by Crippen LogP contribution is -2.28. The molecule has 0 aliphatic rings. The predicted octanol–water partition coefficient (Wildman–Crippen LogP) is 2.10. The van der Waals surface area contributed by atoms with Crippen molar-refractivity contribution in [1.29, 1.82) is 0 Å². The van der Waals surface area contributed by atoms with Gasteiger partial charge in [-0.1, -0.05) is 30.3 Å². The minimum absolute atomic E-state index is 1.29. The normalized spacial score (nSPS) is 12.2. The summed E-state index contributed by atoms with van der Waals surface area (Å²) in [6, 6.07) is 10.5. The Kier molecular flexibility index (Phi) is 4.09. The van der Waals surface area contributed by atoms with E-state index < -0.39 is 7.36 Å². The third-order valence-corrected chi connectivity index (χ3v) is 6.28. The summed E-state index contributed by atoms with van der Waals surface area (Å²) in [5, 5.41) is 1.29. The molecule has 15 heavy (non-hydrogen) atoms. The molecule has 3 nitrogen and oxygen atoms in total.